The Morgan fingerprint density at radius 1 is 0.512 bits per heavy atom. The summed E-state index contributed by atoms with van der Waals surface area (Å²) in [4.78, 5) is 9.24. The molecule has 0 saturated carbocycles. The second kappa shape index (κ2) is 9.58. The first-order valence-corrected chi connectivity index (χ1v) is 13.4. The summed E-state index contributed by atoms with van der Waals surface area (Å²) in [5.74, 6) is 0.506. The van der Waals surface area contributed by atoms with Crippen LogP contribution in [-0.4, -0.2) is 14.5 Å². The highest BCUT2D eigenvalue weighted by molar-refractivity contribution is 6.21. The van der Waals surface area contributed by atoms with Gasteiger partial charge in [-0.1, -0.05) is 103 Å². The molecule has 8 aromatic rings. The van der Waals surface area contributed by atoms with E-state index in [1.165, 1.54) is 0 Å². The van der Waals surface area contributed by atoms with Gasteiger partial charge in [0.2, 0.25) is 0 Å². The lowest BCUT2D eigenvalue weighted by Crippen LogP contribution is -1.99. The van der Waals surface area contributed by atoms with E-state index < -0.39 is 6.04 Å². The zero-order valence-corrected chi connectivity index (χ0v) is 21.9. The topological polar surface area (TPSA) is 30.7 Å². The average molecular weight is 529 g/mol. The molecule has 0 amide bonds. The van der Waals surface area contributed by atoms with Crippen molar-refractivity contribution in [1.82, 2.24) is 14.5 Å². The van der Waals surface area contributed by atoms with E-state index in [1.54, 1.807) is 17.0 Å². The predicted octanol–water partition coefficient (Wildman–Crippen LogP) is 9.73. The number of pyridine rings is 1. The Kier molecular flexibility index (Phi) is 4.37. The summed E-state index contributed by atoms with van der Waals surface area (Å²) in [6.07, 6.45) is 3.58. The fourth-order valence-corrected chi connectivity index (χ4v) is 5.83. The number of hydrogen-bond donors (Lipinski definition) is 0. The molecule has 0 unspecified atom stereocenters. The molecule has 2 heterocycles. The highest BCUT2D eigenvalue weighted by atomic mass is 15.1. The summed E-state index contributed by atoms with van der Waals surface area (Å²) in [6.45, 7) is 0. The Bertz CT molecular complexity index is 2390. The van der Waals surface area contributed by atoms with Gasteiger partial charge in [0, 0.05) is 23.6 Å². The Hall–Kier alpha value is -5.54. The summed E-state index contributed by atoms with van der Waals surface area (Å²) in [5, 5.41) is 3.93. The summed E-state index contributed by atoms with van der Waals surface area (Å²) in [7, 11) is 0. The summed E-state index contributed by atoms with van der Waals surface area (Å²) < 4.78 is 44.5. The number of benzene rings is 6. The fraction of sp³-hybridized carbons (Fsp3) is 0. The zero-order chi connectivity index (χ0) is 31.5. The molecule has 3 nitrogen and oxygen atoms in total. The number of aromatic nitrogens is 3. The highest BCUT2D eigenvalue weighted by Crippen LogP contribution is 2.44. The van der Waals surface area contributed by atoms with Crippen molar-refractivity contribution >= 4 is 32.6 Å². The van der Waals surface area contributed by atoms with Gasteiger partial charge in [0.05, 0.1) is 17.9 Å². The van der Waals surface area contributed by atoms with Crippen molar-refractivity contribution < 1.29 is 6.85 Å². The van der Waals surface area contributed by atoms with E-state index in [-0.39, 0.29) is 29.9 Å². The monoisotopic (exact) mass is 528 g/mol. The first-order valence-electron chi connectivity index (χ1n) is 15.9. The molecule has 0 aliphatic rings. The summed E-state index contributed by atoms with van der Waals surface area (Å²) in [6, 6.07) is 34.6. The summed E-state index contributed by atoms with van der Waals surface area (Å²) >= 11 is 0. The molecule has 2 aromatic heterocycles. The van der Waals surface area contributed by atoms with Crippen LogP contribution in [0.2, 0.25) is 0 Å². The van der Waals surface area contributed by atoms with Gasteiger partial charge in [-0.25, -0.2) is 4.98 Å². The van der Waals surface area contributed by atoms with Crippen LogP contribution >= 0.6 is 0 Å². The lowest BCUT2D eigenvalue weighted by Gasteiger charge is -2.18. The molecule has 0 atom stereocenters. The maximum Gasteiger partial charge on any atom is 0.146 e. The standard InChI is InChI=1S/C38H25N3/c1-2-10-29(11-3-1)41-35-17-9-8-16-34(35)40-38(41)37-32-14-6-4-12-30(32)36(31-13-5-7-15-33(31)37)28-20-18-26(19-21-28)27-22-24-39-25-23-27/h1-25H/i1D,2D,3D,10D,11D. The van der Waals surface area contributed by atoms with Gasteiger partial charge < -0.3 is 0 Å². The minimum atomic E-state index is -0.431. The van der Waals surface area contributed by atoms with Crippen LogP contribution in [0.25, 0.3) is 71.9 Å². The second-order valence-electron chi connectivity index (χ2n) is 9.89. The first kappa shape index (κ1) is 18.7. The number of fused-ring (bicyclic) bond motifs is 3. The number of nitrogens with zero attached hydrogens (tertiary/aromatic N) is 3. The van der Waals surface area contributed by atoms with Gasteiger partial charge in [0.1, 0.15) is 5.82 Å². The number of para-hydroxylation sites is 3. The van der Waals surface area contributed by atoms with Gasteiger partial charge in [0.25, 0.3) is 0 Å². The molecule has 0 aliphatic carbocycles. The van der Waals surface area contributed by atoms with Crippen molar-refractivity contribution in [1.29, 1.82) is 0 Å². The Labute approximate surface area is 245 Å². The minimum absolute atomic E-state index is 0.0682. The smallest absolute Gasteiger partial charge is 0.146 e. The van der Waals surface area contributed by atoms with Gasteiger partial charge in [-0.05, 0) is 80.1 Å². The highest BCUT2D eigenvalue weighted by Gasteiger charge is 2.21. The van der Waals surface area contributed by atoms with Gasteiger partial charge in [0.15, 0.2) is 0 Å². The van der Waals surface area contributed by atoms with E-state index >= 15 is 0 Å². The Balaban J connectivity index is 1.47. The minimum Gasteiger partial charge on any atom is -0.292 e. The molecular formula is C38H25N3. The van der Waals surface area contributed by atoms with E-state index in [2.05, 4.69) is 53.5 Å². The van der Waals surface area contributed by atoms with Gasteiger partial charge in [-0.2, -0.15) is 0 Å². The summed E-state index contributed by atoms with van der Waals surface area (Å²) in [5.41, 5.74) is 6.55. The largest absolute Gasteiger partial charge is 0.292 e. The molecule has 0 radical (unpaired) electrons. The quantitative estimate of drug-likeness (QED) is 0.213. The van der Waals surface area contributed by atoms with Gasteiger partial charge in [-0.15, -0.1) is 0 Å². The van der Waals surface area contributed by atoms with Crippen LogP contribution < -0.4 is 0 Å². The molecule has 0 saturated heterocycles. The molecule has 0 aliphatic heterocycles. The fourth-order valence-electron chi connectivity index (χ4n) is 5.83. The van der Waals surface area contributed by atoms with Gasteiger partial charge in [-0.3, -0.25) is 9.55 Å². The normalized spacial score (nSPS) is 13.1. The zero-order valence-electron chi connectivity index (χ0n) is 26.9. The molecular weight excluding hydrogens is 498 g/mol. The maximum atomic E-state index is 8.87. The van der Waals surface area contributed by atoms with E-state index in [1.807, 2.05) is 60.7 Å². The van der Waals surface area contributed by atoms with Crippen LogP contribution in [0, 0.1) is 0 Å². The van der Waals surface area contributed by atoms with E-state index in [0.717, 1.165) is 49.4 Å². The molecule has 192 valence electrons. The third-order valence-electron chi connectivity index (χ3n) is 7.61. The molecule has 41 heavy (non-hydrogen) atoms. The van der Waals surface area contributed by atoms with Crippen LogP contribution in [0.15, 0.2) is 152 Å². The van der Waals surface area contributed by atoms with Gasteiger partial charge >= 0.3 is 0 Å². The third kappa shape index (κ3) is 3.82. The number of hydrogen-bond acceptors (Lipinski definition) is 2. The van der Waals surface area contributed by atoms with E-state index in [0.29, 0.717) is 16.9 Å². The van der Waals surface area contributed by atoms with Crippen LogP contribution in [-0.2, 0) is 0 Å². The first-order chi connectivity index (χ1) is 22.4. The predicted molar refractivity (Wildman–Crippen MR) is 170 cm³/mol. The SMILES string of the molecule is [2H]c1c([2H])c([2H])c(-n2c(-c3c4ccccc4c(-c4ccc(-c5ccncc5)cc4)c4ccccc34)nc3ccccc32)c([2H])c1[2H]. The van der Waals surface area contributed by atoms with Crippen molar-refractivity contribution in [3.05, 3.63) is 152 Å². The molecule has 0 fully saturated rings. The molecule has 0 spiro atoms. The molecule has 0 N–H and O–H groups in total. The van der Waals surface area contributed by atoms with E-state index in [4.69, 9.17) is 11.8 Å². The van der Waals surface area contributed by atoms with Crippen molar-refractivity contribution in [3.8, 4) is 39.3 Å². The lowest BCUT2D eigenvalue weighted by atomic mass is 9.87. The maximum absolute atomic E-state index is 8.87. The molecule has 8 rings (SSSR count). The Morgan fingerprint density at radius 2 is 1.05 bits per heavy atom. The molecule has 0 bridgehead atoms. The van der Waals surface area contributed by atoms with E-state index in [9.17, 15) is 0 Å². The van der Waals surface area contributed by atoms with Crippen molar-refractivity contribution in [2.24, 2.45) is 0 Å². The molecule has 6 aromatic carbocycles. The molecule has 3 heteroatoms. The van der Waals surface area contributed by atoms with Crippen molar-refractivity contribution in [3.63, 3.8) is 0 Å². The third-order valence-corrected chi connectivity index (χ3v) is 7.61. The second-order valence-corrected chi connectivity index (χ2v) is 9.89. The average Bonchev–Trinajstić information content (AvgIpc) is 3.48. The van der Waals surface area contributed by atoms with Crippen LogP contribution in [0.4, 0.5) is 0 Å². The number of rotatable bonds is 4. The Morgan fingerprint density at radius 3 is 1.71 bits per heavy atom. The lowest BCUT2D eigenvalue weighted by molar-refractivity contribution is 1.11. The number of imidazole rings is 1. The van der Waals surface area contributed by atoms with Crippen LogP contribution in [0.5, 0.6) is 0 Å². The van der Waals surface area contributed by atoms with Crippen LogP contribution in [0.1, 0.15) is 6.85 Å². The van der Waals surface area contributed by atoms with Crippen molar-refractivity contribution in [2.75, 3.05) is 0 Å². The van der Waals surface area contributed by atoms with Crippen molar-refractivity contribution in [2.45, 2.75) is 0 Å². The van der Waals surface area contributed by atoms with Crippen LogP contribution in [0.3, 0.4) is 0 Å².